The fourth-order valence-electron chi connectivity index (χ4n) is 0.550. The molecule has 0 radical (unpaired) electrons. The smallest absolute Gasteiger partial charge is 0.367 e. The van der Waals surface area contributed by atoms with E-state index >= 15 is 0 Å². The van der Waals surface area contributed by atoms with Gasteiger partial charge in [-0.25, -0.2) is 4.79 Å². The van der Waals surface area contributed by atoms with Crippen LogP contribution in [0.3, 0.4) is 0 Å². The summed E-state index contributed by atoms with van der Waals surface area (Å²) in [7, 11) is -4.41. The van der Waals surface area contributed by atoms with E-state index in [2.05, 4.69) is 4.52 Å². The molecule has 3 N–H and O–H groups in total. The summed E-state index contributed by atoms with van der Waals surface area (Å²) in [6.45, 7) is 1.81. The first-order valence-electron chi connectivity index (χ1n) is 3.79. The molecule has 0 aromatic carbocycles. The quantitative estimate of drug-likeness (QED) is 0.434. The second-order valence-electron chi connectivity index (χ2n) is 2.46. The molecule has 0 aliphatic heterocycles. The molecule has 0 bridgehead atoms. The summed E-state index contributed by atoms with van der Waals surface area (Å²) in [5.41, 5.74) is 0. The molecular formula is C6H13O6P. The first-order chi connectivity index (χ1) is 5.91. The van der Waals surface area contributed by atoms with Gasteiger partial charge < -0.3 is 19.6 Å². The minimum atomic E-state index is -4.41. The Morgan fingerprint density at radius 1 is 1.62 bits per heavy atom. The van der Waals surface area contributed by atoms with E-state index in [0.717, 1.165) is 6.42 Å². The summed E-state index contributed by atoms with van der Waals surface area (Å²) in [6, 6.07) is 0. The molecule has 0 saturated heterocycles. The van der Waals surface area contributed by atoms with E-state index in [1.807, 2.05) is 6.92 Å². The summed E-state index contributed by atoms with van der Waals surface area (Å²) in [5.74, 6) is -4.12. The van der Waals surface area contributed by atoms with Gasteiger partial charge in [-0.1, -0.05) is 13.3 Å². The molecule has 0 fully saturated rings. The summed E-state index contributed by atoms with van der Waals surface area (Å²) in [4.78, 5) is 19.0. The van der Waals surface area contributed by atoms with Crippen LogP contribution in [0.4, 0.5) is 0 Å². The van der Waals surface area contributed by atoms with Crippen molar-refractivity contribution in [1.82, 2.24) is 0 Å². The van der Waals surface area contributed by atoms with Gasteiger partial charge in [-0.05, 0) is 6.42 Å². The molecule has 78 valence electrons. The van der Waals surface area contributed by atoms with Gasteiger partial charge >= 0.3 is 13.6 Å². The van der Waals surface area contributed by atoms with E-state index < -0.39 is 19.4 Å². The normalized spacial score (nSPS) is 17.8. The van der Waals surface area contributed by atoms with Crippen LogP contribution in [0.1, 0.15) is 19.8 Å². The number of hydrogen-bond donors (Lipinski definition) is 3. The monoisotopic (exact) mass is 212 g/mol. The Balaban J connectivity index is 4.07. The molecule has 0 saturated carbocycles. The van der Waals surface area contributed by atoms with Crippen molar-refractivity contribution in [3.8, 4) is 0 Å². The van der Waals surface area contributed by atoms with Crippen LogP contribution in [0.5, 0.6) is 0 Å². The number of aliphatic carboxylic acids is 1. The third-order valence-corrected chi connectivity index (χ3v) is 2.70. The van der Waals surface area contributed by atoms with Crippen LogP contribution < -0.4 is 0 Å². The van der Waals surface area contributed by atoms with Crippen molar-refractivity contribution >= 4 is 13.6 Å². The van der Waals surface area contributed by atoms with Crippen LogP contribution in [-0.4, -0.2) is 33.5 Å². The van der Waals surface area contributed by atoms with Crippen molar-refractivity contribution in [1.29, 1.82) is 0 Å². The zero-order valence-electron chi connectivity index (χ0n) is 7.21. The van der Waals surface area contributed by atoms with Crippen molar-refractivity contribution in [2.24, 2.45) is 0 Å². The van der Waals surface area contributed by atoms with Gasteiger partial charge in [-0.15, -0.1) is 0 Å². The lowest BCUT2D eigenvalue weighted by Crippen LogP contribution is -2.20. The number of hydrogen-bond acceptors (Lipinski definition) is 4. The molecule has 0 aromatic rings. The number of carboxylic acids is 1. The average Bonchev–Trinajstić information content (AvgIpc) is 2.03. The fourth-order valence-corrected chi connectivity index (χ4v) is 1.36. The van der Waals surface area contributed by atoms with Crippen LogP contribution >= 0.6 is 7.60 Å². The van der Waals surface area contributed by atoms with E-state index in [-0.39, 0.29) is 6.61 Å². The molecular weight excluding hydrogens is 199 g/mol. The number of rotatable bonds is 6. The predicted octanol–water partition coefficient (Wildman–Crippen LogP) is 0.392. The third kappa shape index (κ3) is 4.38. The summed E-state index contributed by atoms with van der Waals surface area (Å²) >= 11 is 0. The highest BCUT2D eigenvalue weighted by Crippen LogP contribution is 2.46. The van der Waals surface area contributed by atoms with Gasteiger partial charge in [0, 0.05) is 0 Å². The van der Waals surface area contributed by atoms with Crippen molar-refractivity contribution in [3.63, 3.8) is 0 Å². The molecule has 0 heterocycles. The first kappa shape index (κ1) is 12.6. The standard InChI is InChI=1S/C6H13O6P/c1-2-3-4-12-13(10,11)6(9)5(7)8/h6,9H,2-4H2,1H3,(H,7,8)(H,10,11). The van der Waals surface area contributed by atoms with Crippen molar-refractivity contribution in [2.75, 3.05) is 6.61 Å². The largest absolute Gasteiger partial charge is 0.479 e. The van der Waals surface area contributed by atoms with E-state index in [4.69, 9.17) is 15.1 Å². The van der Waals surface area contributed by atoms with Crippen LogP contribution in [0.2, 0.25) is 0 Å². The Morgan fingerprint density at radius 2 is 2.15 bits per heavy atom. The second-order valence-corrected chi connectivity index (χ2v) is 4.34. The molecule has 0 aliphatic carbocycles. The average molecular weight is 212 g/mol. The lowest BCUT2D eigenvalue weighted by atomic mass is 10.4. The van der Waals surface area contributed by atoms with Gasteiger partial charge in [0.25, 0.3) is 5.85 Å². The Bertz CT molecular complexity index is 215. The highest BCUT2D eigenvalue weighted by atomic mass is 31.2. The SMILES string of the molecule is CCCCOP(=O)(O)C(O)C(=O)O. The molecule has 7 heteroatoms. The number of carbonyl (C=O) groups is 1. The summed E-state index contributed by atoms with van der Waals surface area (Å²) in [6.07, 6.45) is 1.29. The lowest BCUT2D eigenvalue weighted by Gasteiger charge is -2.13. The van der Waals surface area contributed by atoms with Gasteiger partial charge in [0.05, 0.1) is 6.61 Å². The Labute approximate surface area is 75.7 Å². The van der Waals surface area contributed by atoms with E-state index in [1.165, 1.54) is 0 Å². The van der Waals surface area contributed by atoms with E-state index in [1.54, 1.807) is 0 Å². The van der Waals surface area contributed by atoms with Gasteiger partial charge in [0.1, 0.15) is 0 Å². The minimum absolute atomic E-state index is 0.0331. The van der Waals surface area contributed by atoms with E-state index in [0.29, 0.717) is 6.42 Å². The zero-order valence-corrected chi connectivity index (χ0v) is 8.11. The second kappa shape index (κ2) is 5.34. The molecule has 2 atom stereocenters. The van der Waals surface area contributed by atoms with E-state index in [9.17, 15) is 9.36 Å². The van der Waals surface area contributed by atoms with Gasteiger partial charge in [0.2, 0.25) is 0 Å². The van der Waals surface area contributed by atoms with Crippen molar-refractivity contribution in [2.45, 2.75) is 25.6 Å². The third-order valence-electron chi connectivity index (χ3n) is 1.30. The van der Waals surface area contributed by atoms with Crippen molar-refractivity contribution in [3.05, 3.63) is 0 Å². The Kier molecular flexibility index (Phi) is 5.17. The van der Waals surface area contributed by atoms with Gasteiger partial charge in [-0.2, -0.15) is 0 Å². The molecule has 2 unspecified atom stereocenters. The fraction of sp³-hybridized carbons (Fsp3) is 0.833. The van der Waals surface area contributed by atoms with Gasteiger partial charge in [0.15, 0.2) is 0 Å². The maximum absolute atomic E-state index is 10.9. The van der Waals surface area contributed by atoms with Crippen molar-refractivity contribution < 1.29 is 29.0 Å². The maximum Gasteiger partial charge on any atom is 0.367 e. The summed E-state index contributed by atoms with van der Waals surface area (Å²) < 4.78 is 15.3. The van der Waals surface area contributed by atoms with Crippen LogP contribution in [-0.2, 0) is 13.9 Å². The number of aliphatic hydroxyl groups is 1. The van der Waals surface area contributed by atoms with Crippen LogP contribution in [0.25, 0.3) is 0 Å². The molecule has 6 nitrogen and oxygen atoms in total. The number of carboxylic acid groups (broad SMARTS) is 1. The number of aliphatic hydroxyl groups excluding tert-OH is 1. The molecule has 0 spiro atoms. The highest BCUT2D eigenvalue weighted by Gasteiger charge is 2.36. The molecule has 13 heavy (non-hydrogen) atoms. The molecule has 0 amide bonds. The zero-order chi connectivity index (χ0) is 10.5. The Morgan fingerprint density at radius 3 is 2.54 bits per heavy atom. The first-order valence-corrected chi connectivity index (χ1v) is 5.44. The van der Waals surface area contributed by atoms with Crippen LogP contribution in [0, 0.1) is 0 Å². The summed E-state index contributed by atoms with van der Waals surface area (Å²) in [5, 5.41) is 16.9. The highest BCUT2D eigenvalue weighted by molar-refractivity contribution is 7.54. The topological polar surface area (TPSA) is 104 Å². The molecule has 0 rings (SSSR count). The predicted molar refractivity (Wildman–Crippen MR) is 44.3 cm³/mol. The number of unbranched alkanes of at least 4 members (excludes halogenated alkanes) is 1. The van der Waals surface area contributed by atoms with Crippen LogP contribution in [0.15, 0.2) is 0 Å². The minimum Gasteiger partial charge on any atom is -0.479 e. The molecule has 0 aromatic heterocycles. The molecule has 0 aliphatic rings. The Hall–Kier alpha value is -0.420. The lowest BCUT2D eigenvalue weighted by molar-refractivity contribution is -0.143. The van der Waals surface area contributed by atoms with Gasteiger partial charge in [-0.3, -0.25) is 4.57 Å². The maximum atomic E-state index is 10.9.